The number of nitrogens with one attached hydrogen (secondary N) is 1. The molecule has 0 bridgehead atoms. The Morgan fingerprint density at radius 2 is 2.24 bits per heavy atom. The molecular weight excluding hydrogens is 286 g/mol. The van der Waals surface area contributed by atoms with Crippen LogP contribution in [0.25, 0.3) is 0 Å². The Balaban J connectivity index is 1.82. The molecule has 1 heterocycles. The van der Waals surface area contributed by atoms with Crippen molar-refractivity contribution >= 4 is 28.9 Å². The van der Waals surface area contributed by atoms with Crippen LogP contribution < -0.4 is 11.1 Å². The number of hydrogen-bond acceptors (Lipinski definition) is 3. The zero-order chi connectivity index (χ0) is 15.5. The van der Waals surface area contributed by atoms with Crippen molar-refractivity contribution in [2.75, 3.05) is 30.7 Å². The van der Waals surface area contributed by atoms with E-state index in [0.29, 0.717) is 28.2 Å². The molecule has 21 heavy (non-hydrogen) atoms. The Bertz CT molecular complexity index is 516. The molecule has 0 radical (unpaired) electrons. The predicted molar refractivity (Wildman–Crippen MR) is 88.6 cm³/mol. The lowest BCUT2D eigenvalue weighted by Gasteiger charge is -2.37. The Morgan fingerprint density at radius 1 is 1.48 bits per heavy atom. The van der Waals surface area contributed by atoms with Crippen molar-refractivity contribution < 1.29 is 4.79 Å². The van der Waals surface area contributed by atoms with E-state index in [4.69, 9.17) is 17.3 Å². The predicted octanol–water partition coefficient (Wildman–Crippen LogP) is 3.37. The molecule has 116 valence electrons. The first-order valence-corrected chi connectivity index (χ1v) is 7.81. The van der Waals surface area contributed by atoms with Gasteiger partial charge in [-0.25, -0.2) is 0 Å². The Kier molecular flexibility index (Phi) is 5.12. The first-order valence-electron chi connectivity index (χ1n) is 7.43. The van der Waals surface area contributed by atoms with Gasteiger partial charge in [-0.15, -0.1) is 0 Å². The van der Waals surface area contributed by atoms with Gasteiger partial charge in [0.05, 0.1) is 11.4 Å². The maximum Gasteiger partial charge on any atom is 0.225 e. The van der Waals surface area contributed by atoms with Crippen molar-refractivity contribution in [1.82, 2.24) is 4.90 Å². The summed E-state index contributed by atoms with van der Waals surface area (Å²) in [6, 6.07) is 5.10. The van der Waals surface area contributed by atoms with Crippen LogP contribution in [0.1, 0.15) is 33.1 Å². The second kappa shape index (κ2) is 6.67. The van der Waals surface area contributed by atoms with E-state index in [0.717, 1.165) is 19.6 Å². The minimum atomic E-state index is -0.00704. The van der Waals surface area contributed by atoms with Gasteiger partial charge < -0.3 is 16.0 Å². The molecule has 1 fully saturated rings. The highest BCUT2D eigenvalue weighted by Gasteiger charge is 2.26. The molecule has 1 amide bonds. The van der Waals surface area contributed by atoms with Gasteiger partial charge in [-0.1, -0.05) is 25.4 Å². The van der Waals surface area contributed by atoms with E-state index in [2.05, 4.69) is 24.1 Å². The van der Waals surface area contributed by atoms with Crippen molar-refractivity contribution in [2.24, 2.45) is 5.41 Å². The number of likely N-dealkylation sites (tertiary alicyclic amines) is 1. The summed E-state index contributed by atoms with van der Waals surface area (Å²) in [4.78, 5) is 14.4. The monoisotopic (exact) mass is 309 g/mol. The molecule has 0 aliphatic carbocycles. The quantitative estimate of drug-likeness (QED) is 0.838. The summed E-state index contributed by atoms with van der Waals surface area (Å²) in [7, 11) is 0. The van der Waals surface area contributed by atoms with Crippen LogP contribution in [0.3, 0.4) is 0 Å². The number of nitrogen functional groups attached to an aromatic ring is 1. The first kappa shape index (κ1) is 16.1. The van der Waals surface area contributed by atoms with E-state index >= 15 is 0 Å². The largest absolute Gasteiger partial charge is 0.397 e. The molecule has 3 N–H and O–H groups in total. The van der Waals surface area contributed by atoms with Gasteiger partial charge in [-0.3, -0.25) is 4.79 Å². The zero-order valence-electron chi connectivity index (χ0n) is 12.8. The summed E-state index contributed by atoms with van der Waals surface area (Å²) in [6.45, 7) is 7.51. The highest BCUT2D eigenvalue weighted by molar-refractivity contribution is 6.31. The number of benzene rings is 1. The van der Waals surface area contributed by atoms with E-state index in [1.54, 1.807) is 18.2 Å². The molecule has 1 aromatic rings. The summed E-state index contributed by atoms with van der Waals surface area (Å²) in [5.41, 5.74) is 7.31. The number of amides is 1. The highest BCUT2D eigenvalue weighted by Crippen LogP contribution is 2.28. The third-order valence-electron chi connectivity index (χ3n) is 3.92. The molecule has 1 aliphatic rings. The van der Waals surface area contributed by atoms with Crippen LogP contribution in [0.4, 0.5) is 11.4 Å². The highest BCUT2D eigenvalue weighted by atomic mass is 35.5. The summed E-state index contributed by atoms with van der Waals surface area (Å²) < 4.78 is 0. The molecule has 0 aromatic heterocycles. The lowest BCUT2D eigenvalue weighted by molar-refractivity contribution is -0.116. The molecular formula is C16H24ClN3O. The minimum Gasteiger partial charge on any atom is -0.397 e. The first-order chi connectivity index (χ1) is 9.85. The molecule has 1 saturated heterocycles. The number of carbonyl (C=O) groups is 1. The fourth-order valence-corrected chi connectivity index (χ4v) is 3.04. The van der Waals surface area contributed by atoms with Gasteiger partial charge in [-0.2, -0.15) is 0 Å². The molecule has 0 unspecified atom stereocenters. The Hall–Kier alpha value is -1.26. The van der Waals surface area contributed by atoms with E-state index in [1.807, 2.05) is 0 Å². The van der Waals surface area contributed by atoms with Crippen molar-refractivity contribution in [3.63, 3.8) is 0 Å². The van der Waals surface area contributed by atoms with Gasteiger partial charge in [-0.05, 0) is 43.0 Å². The molecule has 2 rings (SSSR count). The number of nitrogens with zero attached hydrogens (tertiary/aromatic N) is 1. The number of piperidine rings is 1. The van der Waals surface area contributed by atoms with Gasteiger partial charge >= 0.3 is 0 Å². The standard InChI is InChI=1S/C16H24ClN3O/c1-16(2)7-3-8-20(11-16)9-6-15(21)19-14-5-4-12(17)10-13(14)18/h4-5,10H,3,6-9,11,18H2,1-2H3,(H,19,21). The van der Waals surface area contributed by atoms with Gasteiger partial charge in [0.25, 0.3) is 0 Å². The number of nitrogens with two attached hydrogens (primary N) is 1. The Morgan fingerprint density at radius 3 is 2.90 bits per heavy atom. The second-order valence-corrected chi connectivity index (χ2v) is 7.01. The summed E-state index contributed by atoms with van der Waals surface area (Å²) in [5, 5.41) is 3.42. The molecule has 1 aromatic carbocycles. The minimum absolute atomic E-state index is 0.00704. The summed E-state index contributed by atoms with van der Waals surface area (Å²) >= 11 is 5.84. The second-order valence-electron chi connectivity index (χ2n) is 6.57. The van der Waals surface area contributed by atoms with Crippen LogP contribution in [0.15, 0.2) is 18.2 Å². The smallest absolute Gasteiger partial charge is 0.225 e. The van der Waals surface area contributed by atoms with E-state index in [-0.39, 0.29) is 5.91 Å². The average Bonchev–Trinajstić information content (AvgIpc) is 2.39. The van der Waals surface area contributed by atoms with Crippen molar-refractivity contribution in [3.05, 3.63) is 23.2 Å². The van der Waals surface area contributed by atoms with Gasteiger partial charge in [0.2, 0.25) is 5.91 Å². The fourth-order valence-electron chi connectivity index (χ4n) is 2.86. The fraction of sp³-hybridized carbons (Fsp3) is 0.562. The summed E-state index contributed by atoms with van der Waals surface area (Å²) in [6.07, 6.45) is 2.95. The van der Waals surface area contributed by atoms with Gasteiger partial charge in [0, 0.05) is 24.5 Å². The van der Waals surface area contributed by atoms with Crippen molar-refractivity contribution in [1.29, 1.82) is 0 Å². The molecule has 4 nitrogen and oxygen atoms in total. The molecule has 0 spiro atoms. The molecule has 5 heteroatoms. The topological polar surface area (TPSA) is 58.4 Å². The number of rotatable bonds is 4. The number of anilines is 2. The van der Waals surface area contributed by atoms with Crippen LogP contribution in [-0.2, 0) is 4.79 Å². The third kappa shape index (κ3) is 4.90. The normalized spacial score (nSPS) is 18.4. The lowest BCUT2D eigenvalue weighted by atomic mass is 9.84. The zero-order valence-corrected chi connectivity index (χ0v) is 13.5. The number of hydrogen-bond donors (Lipinski definition) is 2. The lowest BCUT2D eigenvalue weighted by Crippen LogP contribution is -2.41. The van der Waals surface area contributed by atoms with E-state index in [1.165, 1.54) is 12.8 Å². The maximum atomic E-state index is 12.0. The maximum absolute atomic E-state index is 12.0. The van der Waals surface area contributed by atoms with Crippen LogP contribution in [0, 0.1) is 5.41 Å². The van der Waals surface area contributed by atoms with Crippen LogP contribution in [0.2, 0.25) is 5.02 Å². The van der Waals surface area contributed by atoms with Gasteiger partial charge in [0.1, 0.15) is 0 Å². The van der Waals surface area contributed by atoms with Crippen LogP contribution in [0.5, 0.6) is 0 Å². The number of carbonyl (C=O) groups excluding carboxylic acids is 1. The van der Waals surface area contributed by atoms with E-state index < -0.39 is 0 Å². The molecule has 0 atom stereocenters. The van der Waals surface area contributed by atoms with E-state index in [9.17, 15) is 4.79 Å². The van der Waals surface area contributed by atoms with Crippen LogP contribution in [-0.4, -0.2) is 30.4 Å². The van der Waals surface area contributed by atoms with Crippen molar-refractivity contribution in [2.45, 2.75) is 33.1 Å². The number of halogens is 1. The molecule has 1 aliphatic heterocycles. The van der Waals surface area contributed by atoms with Crippen LogP contribution >= 0.6 is 11.6 Å². The summed E-state index contributed by atoms with van der Waals surface area (Å²) in [5.74, 6) is -0.00704. The molecule has 0 saturated carbocycles. The average molecular weight is 310 g/mol. The SMILES string of the molecule is CC1(C)CCCN(CCC(=O)Nc2ccc(Cl)cc2N)C1. The third-order valence-corrected chi connectivity index (χ3v) is 4.16. The van der Waals surface area contributed by atoms with Gasteiger partial charge in [0.15, 0.2) is 0 Å². The van der Waals surface area contributed by atoms with Crippen molar-refractivity contribution in [3.8, 4) is 0 Å². The Labute approximate surface area is 131 Å².